The van der Waals surface area contributed by atoms with E-state index in [9.17, 15) is 14.4 Å². The maximum absolute atomic E-state index is 13.1. The van der Waals surface area contributed by atoms with Crippen LogP contribution < -0.4 is 25.0 Å². The molecule has 2 fully saturated rings. The number of carbonyl (C=O) groups is 3. The molecule has 3 amide bonds. The second-order valence-corrected chi connectivity index (χ2v) is 9.16. The molecule has 1 saturated heterocycles. The first-order valence-corrected chi connectivity index (χ1v) is 11.8. The van der Waals surface area contributed by atoms with Crippen molar-refractivity contribution in [2.75, 3.05) is 18.2 Å². The molecule has 3 aliphatic rings. The molecule has 2 heterocycles. The van der Waals surface area contributed by atoms with E-state index in [1.54, 1.807) is 23.1 Å². The fourth-order valence-electron chi connectivity index (χ4n) is 4.70. The molecular weight excluding hydrogens is 410 g/mol. The lowest BCUT2D eigenvalue weighted by Gasteiger charge is -2.29. The molecule has 0 spiro atoms. The van der Waals surface area contributed by atoms with E-state index in [0.29, 0.717) is 17.2 Å². The number of hydrogen-bond acceptors (Lipinski definition) is 5. The number of amides is 3. The highest BCUT2D eigenvalue weighted by Gasteiger charge is 2.38. The van der Waals surface area contributed by atoms with E-state index in [2.05, 4.69) is 10.6 Å². The van der Waals surface area contributed by atoms with Crippen molar-refractivity contribution in [2.45, 2.75) is 70.9 Å². The van der Waals surface area contributed by atoms with Gasteiger partial charge in [-0.25, -0.2) is 0 Å². The van der Waals surface area contributed by atoms with Crippen molar-refractivity contribution in [3.8, 4) is 11.5 Å². The highest BCUT2D eigenvalue weighted by molar-refractivity contribution is 6.01. The second kappa shape index (κ2) is 9.79. The van der Waals surface area contributed by atoms with Gasteiger partial charge in [-0.05, 0) is 30.9 Å². The van der Waals surface area contributed by atoms with Crippen LogP contribution >= 0.6 is 0 Å². The third-order valence-corrected chi connectivity index (χ3v) is 6.91. The predicted molar refractivity (Wildman–Crippen MR) is 119 cm³/mol. The molecule has 174 valence electrons. The number of carbonyl (C=O) groups excluding carboxylic acids is 3. The van der Waals surface area contributed by atoms with Gasteiger partial charge in [-0.3, -0.25) is 14.4 Å². The van der Waals surface area contributed by atoms with E-state index in [0.717, 1.165) is 32.1 Å². The summed E-state index contributed by atoms with van der Waals surface area (Å²) in [5.74, 6) is 0.277. The van der Waals surface area contributed by atoms with Gasteiger partial charge in [0.25, 0.3) is 0 Å². The van der Waals surface area contributed by atoms with Crippen LogP contribution in [0.4, 0.5) is 5.69 Å². The summed E-state index contributed by atoms with van der Waals surface area (Å²) in [5, 5.41) is 6.10. The van der Waals surface area contributed by atoms with E-state index in [1.165, 1.54) is 6.42 Å². The van der Waals surface area contributed by atoms with Gasteiger partial charge in [-0.1, -0.05) is 39.5 Å². The predicted octanol–water partition coefficient (Wildman–Crippen LogP) is 2.75. The molecule has 2 N–H and O–H groups in total. The zero-order valence-electron chi connectivity index (χ0n) is 18.9. The fourth-order valence-corrected chi connectivity index (χ4v) is 4.70. The van der Waals surface area contributed by atoms with Gasteiger partial charge in [0.2, 0.25) is 24.5 Å². The molecule has 2 aliphatic heterocycles. The summed E-state index contributed by atoms with van der Waals surface area (Å²) in [4.78, 5) is 40.3. The van der Waals surface area contributed by atoms with Crippen molar-refractivity contribution in [2.24, 2.45) is 11.8 Å². The van der Waals surface area contributed by atoms with Gasteiger partial charge < -0.3 is 25.0 Å². The Morgan fingerprint density at radius 2 is 1.91 bits per heavy atom. The van der Waals surface area contributed by atoms with Crippen LogP contribution in [0.3, 0.4) is 0 Å². The number of nitrogens with one attached hydrogen (secondary N) is 2. The van der Waals surface area contributed by atoms with Gasteiger partial charge in [0, 0.05) is 30.8 Å². The maximum atomic E-state index is 13.1. The summed E-state index contributed by atoms with van der Waals surface area (Å²) in [5.41, 5.74) is 0.683. The SMILES string of the molecule is CCC(C)[C@H](NC(=O)C1CC(=O)N(c2ccc3c(c2)OCO3)C1)C(=O)NC1CCCCC1. The second-order valence-electron chi connectivity index (χ2n) is 9.16. The number of fused-ring (bicyclic) bond motifs is 1. The van der Waals surface area contributed by atoms with Crippen molar-refractivity contribution < 1.29 is 23.9 Å². The molecular formula is C24H33N3O5. The number of ether oxygens (including phenoxy) is 2. The summed E-state index contributed by atoms with van der Waals surface area (Å²) < 4.78 is 10.7. The summed E-state index contributed by atoms with van der Waals surface area (Å²) in [6.07, 6.45) is 6.36. The Morgan fingerprint density at radius 1 is 1.16 bits per heavy atom. The molecule has 0 radical (unpaired) electrons. The quantitative estimate of drug-likeness (QED) is 0.675. The molecule has 2 unspecified atom stereocenters. The number of benzene rings is 1. The van der Waals surface area contributed by atoms with Gasteiger partial charge in [-0.2, -0.15) is 0 Å². The van der Waals surface area contributed by atoms with Crippen LogP contribution in [0.15, 0.2) is 18.2 Å². The first-order chi connectivity index (χ1) is 15.5. The Morgan fingerprint density at radius 3 is 2.66 bits per heavy atom. The minimum absolute atomic E-state index is 0.00427. The standard InChI is InChI=1S/C24H33N3O5/c1-3-15(2)22(24(30)25-17-7-5-4-6-8-17)26-23(29)16-11-21(28)27(13-16)18-9-10-19-20(12-18)32-14-31-19/h9-10,12,15-17,22H,3-8,11,13-14H2,1-2H3,(H,25,30)(H,26,29)/t15?,16?,22-/m0/s1. The lowest BCUT2D eigenvalue weighted by Crippen LogP contribution is -2.54. The average molecular weight is 444 g/mol. The van der Waals surface area contributed by atoms with Crippen LogP contribution in [0.5, 0.6) is 11.5 Å². The van der Waals surface area contributed by atoms with E-state index >= 15 is 0 Å². The van der Waals surface area contributed by atoms with Gasteiger partial charge in [0.1, 0.15) is 6.04 Å². The Hall–Kier alpha value is -2.77. The number of hydrogen-bond donors (Lipinski definition) is 2. The van der Waals surface area contributed by atoms with Gasteiger partial charge in [-0.15, -0.1) is 0 Å². The maximum Gasteiger partial charge on any atom is 0.243 e. The molecule has 1 aliphatic carbocycles. The largest absolute Gasteiger partial charge is 0.454 e. The molecule has 1 aromatic carbocycles. The number of anilines is 1. The third kappa shape index (κ3) is 4.84. The third-order valence-electron chi connectivity index (χ3n) is 6.91. The summed E-state index contributed by atoms with van der Waals surface area (Å²) in [6, 6.07) is 4.93. The van der Waals surface area contributed by atoms with Crippen LogP contribution in [0, 0.1) is 11.8 Å². The molecule has 32 heavy (non-hydrogen) atoms. The molecule has 8 heteroatoms. The number of rotatable bonds is 7. The van der Waals surface area contributed by atoms with Gasteiger partial charge in [0.05, 0.1) is 5.92 Å². The highest BCUT2D eigenvalue weighted by atomic mass is 16.7. The van der Waals surface area contributed by atoms with E-state index in [-0.39, 0.29) is 49.4 Å². The molecule has 3 atom stereocenters. The van der Waals surface area contributed by atoms with E-state index in [4.69, 9.17) is 9.47 Å². The highest BCUT2D eigenvalue weighted by Crippen LogP contribution is 2.37. The zero-order chi connectivity index (χ0) is 22.7. The topological polar surface area (TPSA) is 97.0 Å². The van der Waals surface area contributed by atoms with Crippen LogP contribution in [-0.2, 0) is 14.4 Å². The Balaban J connectivity index is 1.39. The van der Waals surface area contributed by atoms with Crippen molar-refractivity contribution >= 4 is 23.4 Å². The molecule has 1 aromatic rings. The van der Waals surface area contributed by atoms with Crippen LogP contribution in [-0.4, -0.2) is 43.1 Å². The minimum Gasteiger partial charge on any atom is -0.454 e. The monoisotopic (exact) mass is 443 g/mol. The lowest BCUT2D eigenvalue weighted by molar-refractivity contribution is -0.132. The van der Waals surface area contributed by atoms with Crippen LogP contribution in [0.1, 0.15) is 58.8 Å². The normalized spacial score (nSPS) is 22.5. The molecule has 4 rings (SSSR count). The molecule has 0 bridgehead atoms. The smallest absolute Gasteiger partial charge is 0.243 e. The average Bonchev–Trinajstić information content (AvgIpc) is 3.43. The lowest BCUT2D eigenvalue weighted by atomic mass is 9.93. The Labute approximate surface area is 189 Å². The van der Waals surface area contributed by atoms with E-state index in [1.807, 2.05) is 13.8 Å². The molecule has 8 nitrogen and oxygen atoms in total. The molecule has 0 aromatic heterocycles. The van der Waals surface area contributed by atoms with Gasteiger partial charge in [0.15, 0.2) is 11.5 Å². The van der Waals surface area contributed by atoms with Crippen molar-refractivity contribution in [3.05, 3.63) is 18.2 Å². The Kier molecular flexibility index (Phi) is 6.86. The minimum atomic E-state index is -0.593. The van der Waals surface area contributed by atoms with Crippen molar-refractivity contribution in [1.29, 1.82) is 0 Å². The number of nitrogens with zero attached hydrogens (tertiary/aromatic N) is 1. The first kappa shape index (κ1) is 22.4. The zero-order valence-corrected chi connectivity index (χ0v) is 18.9. The fraction of sp³-hybridized carbons (Fsp3) is 0.625. The first-order valence-electron chi connectivity index (χ1n) is 11.8. The Bertz CT molecular complexity index is 867. The summed E-state index contributed by atoms with van der Waals surface area (Å²) in [6.45, 7) is 4.43. The summed E-state index contributed by atoms with van der Waals surface area (Å²) >= 11 is 0. The van der Waals surface area contributed by atoms with E-state index < -0.39 is 12.0 Å². The van der Waals surface area contributed by atoms with Crippen LogP contribution in [0.2, 0.25) is 0 Å². The summed E-state index contributed by atoms with van der Waals surface area (Å²) in [7, 11) is 0. The van der Waals surface area contributed by atoms with Gasteiger partial charge >= 0.3 is 0 Å². The molecule has 1 saturated carbocycles. The van der Waals surface area contributed by atoms with Crippen molar-refractivity contribution in [3.63, 3.8) is 0 Å². The van der Waals surface area contributed by atoms with Crippen molar-refractivity contribution in [1.82, 2.24) is 10.6 Å². The van der Waals surface area contributed by atoms with Crippen LogP contribution in [0.25, 0.3) is 0 Å².